The van der Waals surface area contributed by atoms with Gasteiger partial charge in [-0.05, 0) is 55.8 Å². The number of hydrogen-bond acceptors (Lipinski definition) is 4. The Bertz CT molecular complexity index is 522. The van der Waals surface area contributed by atoms with E-state index in [4.69, 9.17) is 9.84 Å². The minimum atomic E-state index is -0.959. The molecule has 0 aromatic heterocycles. The molecule has 0 unspecified atom stereocenters. The van der Waals surface area contributed by atoms with Crippen LogP contribution in [0.3, 0.4) is 0 Å². The predicted octanol–water partition coefficient (Wildman–Crippen LogP) is 3.77. The summed E-state index contributed by atoms with van der Waals surface area (Å²) < 4.78 is 8.04. The van der Waals surface area contributed by atoms with Gasteiger partial charge >= 0.3 is 6.09 Å². The second-order valence-corrected chi connectivity index (χ2v) is 6.53. The Balaban J connectivity index is 1.94. The van der Waals surface area contributed by atoms with Gasteiger partial charge in [0.2, 0.25) is 0 Å². The maximum absolute atomic E-state index is 10.5. The molecule has 1 aromatic rings. The summed E-state index contributed by atoms with van der Waals surface area (Å²) in [4.78, 5) is 11.7. The first-order chi connectivity index (χ1) is 11.2. The molecule has 0 saturated heterocycles. The zero-order chi connectivity index (χ0) is 16.3. The molecule has 0 aliphatic carbocycles. The standard InChI is InChI=1S/C17H24N2O3S/c20-17(21)18-10-7-12-19-11-4-2-1-3-5-13-22-15-8-6-9-16(14-15)23-19/h3,5-6,8-9,14,18H,1-2,4,7,10-13H2,(H,20,21)/b5-3-. The summed E-state index contributed by atoms with van der Waals surface area (Å²) in [5.74, 6) is 0.881. The number of amides is 1. The van der Waals surface area contributed by atoms with E-state index in [0.29, 0.717) is 13.2 Å². The van der Waals surface area contributed by atoms with Gasteiger partial charge in [-0.2, -0.15) is 0 Å². The quantitative estimate of drug-likeness (QED) is 0.498. The normalized spacial score (nSPS) is 17.9. The van der Waals surface area contributed by atoms with E-state index < -0.39 is 6.09 Å². The van der Waals surface area contributed by atoms with E-state index >= 15 is 0 Å². The lowest BCUT2D eigenvalue weighted by atomic mass is 10.2. The van der Waals surface area contributed by atoms with Crippen molar-refractivity contribution in [1.29, 1.82) is 0 Å². The highest BCUT2D eigenvalue weighted by Crippen LogP contribution is 2.27. The third-order valence-electron chi connectivity index (χ3n) is 3.44. The highest BCUT2D eigenvalue weighted by Gasteiger charge is 2.08. The molecule has 1 heterocycles. The molecule has 1 aromatic carbocycles. The van der Waals surface area contributed by atoms with E-state index in [9.17, 15) is 4.79 Å². The van der Waals surface area contributed by atoms with Crippen LogP contribution >= 0.6 is 11.9 Å². The summed E-state index contributed by atoms with van der Waals surface area (Å²) in [5, 5.41) is 11.0. The SMILES string of the molecule is O=C(O)NCCCN1CCCC/C=C\COc2cccc(c2)S1. The van der Waals surface area contributed by atoms with Crippen LogP contribution in [0.5, 0.6) is 5.75 Å². The molecule has 6 heteroatoms. The number of allylic oxidation sites excluding steroid dienone is 1. The van der Waals surface area contributed by atoms with E-state index in [2.05, 4.69) is 33.9 Å². The molecule has 5 nitrogen and oxygen atoms in total. The monoisotopic (exact) mass is 336 g/mol. The Morgan fingerprint density at radius 2 is 2.26 bits per heavy atom. The second kappa shape index (κ2) is 10.2. The van der Waals surface area contributed by atoms with E-state index in [1.54, 1.807) is 11.9 Å². The minimum Gasteiger partial charge on any atom is -0.490 e. The van der Waals surface area contributed by atoms with Crippen molar-refractivity contribution in [2.75, 3.05) is 26.2 Å². The van der Waals surface area contributed by atoms with Crippen LogP contribution in [0.1, 0.15) is 25.7 Å². The number of carbonyl (C=O) groups is 1. The lowest BCUT2D eigenvalue weighted by molar-refractivity contribution is 0.194. The van der Waals surface area contributed by atoms with Gasteiger partial charge in [-0.15, -0.1) is 0 Å². The summed E-state index contributed by atoms with van der Waals surface area (Å²) in [5.41, 5.74) is 0. The van der Waals surface area contributed by atoms with E-state index in [1.807, 2.05) is 12.1 Å². The third kappa shape index (κ3) is 7.43. The molecule has 0 fully saturated rings. The van der Waals surface area contributed by atoms with Gasteiger partial charge < -0.3 is 15.2 Å². The number of fused-ring (bicyclic) bond motifs is 2. The van der Waals surface area contributed by atoms with E-state index in [0.717, 1.165) is 49.4 Å². The molecule has 0 atom stereocenters. The van der Waals surface area contributed by atoms with Crippen LogP contribution in [-0.2, 0) is 0 Å². The lowest BCUT2D eigenvalue weighted by Crippen LogP contribution is -2.26. The highest BCUT2D eigenvalue weighted by atomic mass is 32.2. The van der Waals surface area contributed by atoms with Crippen LogP contribution in [0.2, 0.25) is 0 Å². The first-order valence-corrected chi connectivity index (χ1v) is 8.79. The Hall–Kier alpha value is -1.66. The Kier molecular flexibility index (Phi) is 7.83. The van der Waals surface area contributed by atoms with Crippen LogP contribution in [-0.4, -0.2) is 41.7 Å². The average Bonchev–Trinajstić information content (AvgIpc) is 2.54. The summed E-state index contributed by atoms with van der Waals surface area (Å²) >= 11 is 1.72. The number of carboxylic acid groups (broad SMARTS) is 1. The molecule has 126 valence electrons. The molecule has 2 rings (SSSR count). The van der Waals surface area contributed by atoms with E-state index in [-0.39, 0.29) is 0 Å². The fourth-order valence-corrected chi connectivity index (χ4v) is 3.35. The fraction of sp³-hybridized carbons (Fsp3) is 0.471. The van der Waals surface area contributed by atoms with Crippen molar-refractivity contribution in [1.82, 2.24) is 9.62 Å². The van der Waals surface area contributed by atoms with Crippen LogP contribution < -0.4 is 10.1 Å². The molecular formula is C17H24N2O3S. The fourth-order valence-electron chi connectivity index (χ4n) is 2.30. The number of nitrogens with one attached hydrogen (secondary N) is 1. The molecular weight excluding hydrogens is 312 g/mol. The van der Waals surface area contributed by atoms with Gasteiger partial charge in [0.1, 0.15) is 12.4 Å². The predicted molar refractivity (Wildman–Crippen MR) is 93.0 cm³/mol. The molecule has 1 amide bonds. The number of ether oxygens (including phenoxy) is 1. The number of benzene rings is 1. The van der Waals surface area contributed by atoms with Crippen molar-refractivity contribution in [3.63, 3.8) is 0 Å². The molecule has 2 bridgehead atoms. The largest absolute Gasteiger partial charge is 0.490 e. The van der Waals surface area contributed by atoms with Crippen LogP contribution in [0.15, 0.2) is 41.3 Å². The van der Waals surface area contributed by atoms with Crippen LogP contribution in [0, 0.1) is 0 Å². The maximum atomic E-state index is 10.5. The van der Waals surface area contributed by atoms with Gasteiger partial charge in [0.15, 0.2) is 0 Å². The first-order valence-electron chi connectivity index (χ1n) is 8.01. The Labute approximate surface area is 141 Å². The molecule has 1 aliphatic heterocycles. The van der Waals surface area contributed by atoms with Crippen molar-refractivity contribution in [2.24, 2.45) is 0 Å². The molecule has 0 radical (unpaired) electrons. The Morgan fingerprint density at radius 1 is 1.35 bits per heavy atom. The molecule has 0 spiro atoms. The summed E-state index contributed by atoms with van der Waals surface area (Å²) in [6.07, 6.45) is 7.44. The van der Waals surface area contributed by atoms with Gasteiger partial charge in [0.25, 0.3) is 0 Å². The van der Waals surface area contributed by atoms with Crippen molar-refractivity contribution in [2.45, 2.75) is 30.6 Å². The van der Waals surface area contributed by atoms with Crippen molar-refractivity contribution >= 4 is 18.0 Å². The van der Waals surface area contributed by atoms with Gasteiger partial charge in [0.05, 0.1) is 0 Å². The smallest absolute Gasteiger partial charge is 0.404 e. The van der Waals surface area contributed by atoms with Crippen LogP contribution in [0.25, 0.3) is 0 Å². The van der Waals surface area contributed by atoms with Gasteiger partial charge in [-0.1, -0.05) is 18.2 Å². The number of hydrogen-bond donors (Lipinski definition) is 2. The molecule has 1 aliphatic rings. The minimum absolute atomic E-state index is 0.484. The Morgan fingerprint density at radius 3 is 3.13 bits per heavy atom. The van der Waals surface area contributed by atoms with Gasteiger partial charge in [-0.25, -0.2) is 9.10 Å². The first kappa shape index (κ1) is 17.7. The number of nitrogens with zero attached hydrogens (tertiary/aromatic N) is 1. The van der Waals surface area contributed by atoms with Gasteiger partial charge in [0, 0.05) is 24.5 Å². The molecule has 2 N–H and O–H groups in total. The highest BCUT2D eigenvalue weighted by molar-refractivity contribution is 7.97. The third-order valence-corrected chi connectivity index (χ3v) is 4.53. The maximum Gasteiger partial charge on any atom is 0.404 e. The molecule has 23 heavy (non-hydrogen) atoms. The zero-order valence-electron chi connectivity index (χ0n) is 13.2. The van der Waals surface area contributed by atoms with Crippen LogP contribution in [0.4, 0.5) is 4.79 Å². The number of rotatable bonds is 4. The summed E-state index contributed by atoms with van der Waals surface area (Å²) in [6, 6.07) is 8.11. The second-order valence-electron chi connectivity index (χ2n) is 5.36. The van der Waals surface area contributed by atoms with E-state index in [1.165, 1.54) is 0 Å². The summed E-state index contributed by atoms with van der Waals surface area (Å²) in [6.45, 7) is 2.94. The van der Waals surface area contributed by atoms with Crippen molar-refractivity contribution in [3.05, 3.63) is 36.4 Å². The average molecular weight is 336 g/mol. The van der Waals surface area contributed by atoms with Crippen molar-refractivity contribution < 1.29 is 14.6 Å². The van der Waals surface area contributed by atoms with Gasteiger partial charge in [-0.3, -0.25) is 0 Å². The molecule has 0 saturated carbocycles. The summed E-state index contributed by atoms with van der Waals surface area (Å²) in [7, 11) is 0. The lowest BCUT2D eigenvalue weighted by Gasteiger charge is -2.21. The zero-order valence-corrected chi connectivity index (χ0v) is 14.1. The van der Waals surface area contributed by atoms with Crippen molar-refractivity contribution in [3.8, 4) is 5.75 Å². The topological polar surface area (TPSA) is 61.8 Å².